The summed E-state index contributed by atoms with van der Waals surface area (Å²) in [6.45, 7) is 3.77. The van der Waals surface area contributed by atoms with Crippen LogP contribution >= 0.6 is 22.7 Å². The van der Waals surface area contributed by atoms with Crippen molar-refractivity contribution in [2.45, 2.75) is 19.4 Å². The number of nitrogens with zero attached hydrogens (tertiary/aromatic N) is 1. The molecule has 2 aromatic heterocycles. The Balaban J connectivity index is 1.88. The Morgan fingerprint density at radius 1 is 1.55 bits per heavy atom. The van der Waals surface area contributed by atoms with Gasteiger partial charge in [-0.05, 0) is 42.3 Å². The van der Waals surface area contributed by atoms with Gasteiger partial charge in [0, 0.05) is 11.5 Å². The zero-order valence-corrected chi connectivity index (χ0v) is 12.9. The number of thiophene rings is 1. The van der Waals surface area contributed by atoms with Gasteiger partial charge in [-0.25, -0.2) is 4.98 Å². The molecule has 1 amide bonds. The Hall–Kier alpha value is -1.50. The van der Waals surface area contributed by atoms with Crippen LogP contribution in [0.2, 0.25) is 0 Å². The molecule has 106 valence electrons. The average Bonchev–Trinajstić information content (AvgIpc) is 3.05. The van der Waals surface area contributed by atoms with Gasteiger partial charge in [0.25, 0.3) is 0 Å². The van der Waals surface area contributed by atoms with E-state index >= 15 is 0 Å². The SMILES string of the molecule is Cc1nc(/C=C/C(=O)NC[C@@](C)(O)c2ccsc2)cs1. The molecule has 1 atom stereocenters. The highest BCUT2D eigenvalue weighted by atomic mass is 32.1. The number of hydrogen-bond donors (Lipinski definition) is 2. The highest BCUT2D eigenvalue weighted by Gasteiger charge is 2.23. The molecule has 0 bridgehead atoms. The highest BCUT2D eigenvalue weighted by molar-refractivity contribution is 7.09. The largest absolute Gasteiger partial charge is 0.384 e. The van der Waals surface area contributed by atoms with Crippen LogP contribution in [0.3, 0.4) is 0 Å². The molecule has 0 fully saturated rings. The molecule has 2 rings (SSSR count). The maximum absolute atomic E-state index is 11.7. The third kappa shape index (κ3) is 4.00. The summed E-state index contributed by atoms with van der Waals surface area (Å²) >= 11 is 3.06. The molecule has 0 saturated carbocycles. The first-order valence-electron chi connectivity index (χ1n) is 6.10. The summed E-state index contributed by atoms with van der Waals surface area (Å²) in [6, 6.07) is 1.85. The monoisotopic (exact) mass is 308 g/mol. The summed E-state index contributed by atoms with van der Waals surface area (Å²) in [5, 5.41) is 19.6. The smallest absolute Gasteiger partial charge is 0.244 e. The lowest BCUT2D eigenvalue weighted by atomic mass is 9.99. The van der Waals surface area contributed by atoms with Crippen LogP contribution in [0.5, 0.6) is 0 Å². The van der Waals surface area contributed by atoms with E-state index in [9.17, 15) is 9.90 Å². The van der Waals surface area contributed by atoms with Crippen molar-refractivity contribution in [1.82, 2.24) is 10.3 Å². The Kier molecular flexibility index (Phi) is 4.69. The number of thiazole rings is 1. The fourth-order valence-electron chi connectivity index (χ4n) is 1.61. The van der Waals surface area contributed by atoms with Gasteiger partial charge < -0.3 is 10.4 Å². The third-order valence-electron chi connectivity index (χ3n) is 2.79. The lowest BCUT2D eigenvalue weighted by Gasteiger charge is -2.22. The molecule has 6 heteroatoms. The summed E-state index contributed by atoms with van der Waals surface area (Å²) in [5.74, 6) is -0.244. The molecule has 0 unspecified atom stereocenters. The van der Waals surface area contributed by atoms with Gasteiger partial charge in [-0.2, -0.15) is 11.3 Å². The molecule has 0 aromatic carbocycles. The van der Waals surface area contributed by atoms with Crippen LogP contribution in [0.1, 0.15) is 23.2 Å². The first-order valence-corrected chi connectivity index (χ1v) is 7.93. The molecule has 2 aromatic rings. The van der Waals surface area contributed by atoms with Crippen molar-refractivity contribution in [3.63, 3.8) is 0 Å². The molecular formula is C14H16N2O2S2. The minimum atomic E-state index is -1.05. The van der Waals surface area contributed by atoms with E-state index in [1.165, 1.54) is 28.7 Å². The minimum Gasteiger partial charge on any atom is -0.384 e. The number of carbonyl (C=O) groups is 1. The molecule has 2 heterocycles. The van der Waals surface area contributed by atoms with E-state index in [4.69, 9.17) is 0 Å². The lowest BCUT2D eigenvalue weighted by molar-refractivity contribution is -0.117. The van der Waals surface area contributed by atoms with Crippen LogP contribution in [-0.4, -0.2) is 22.5 Å². The third-order valence-corrected chi connectivity index (χ3v) is 4.27. The number of aliphatic hydroxyl groups is 1. The zero-order valence-electron chi connectivity index (χ0n) is 11.3. The predicted octanol–water partition coefficient (Wildman–Crippen LogP) is 2.55. The van der Waals surface area contributed by atoms with Gasteiger partial charge in [0.1, 0.15) is 5.60 Å². The highest BCUT2D eigenvalue weighted by Crippen LogP contribution is 2.21. The van der Waals surface area contributed by atoms with Crippen LogP contribution in [0.25, 0.3) is 6.08 Å². The van der Waals surface area contributed by atoms with Crippen molar-refractivity contribution < 1.29 is 9.90 Å². The average molecular weight is 308 g/mol. The van der Waals surface area contributed by atoms with Crippen molar-refractivity contribution in [3.8, 4) is 0 Å². The predicted molar refractivity (Wildman–Crippen MR) is 82.8 cm³/mol. The van der Waals surface area contributed by atoms with Crippen molar-refractivity contribution in [2.24, 2.45) is 0 Å². The van der Waals surface area contributed by atoms with E-state index in [0.29, 0.717) is 0 Å². The second-order valence-corrected chi connectivity index (χ2v) is 6.47. The number of aryl methyl sites for hydroxylation is 1. The van der Waals surface area contributed by atoms with Gasteiger partial charge >= 0.3 is 0 Å². The summed E-state index contributed by atoms with van der Waals surface area (Å²) in [4.78, 5) is 15.9. The van der Waals surface area contributed by atoms with Gasteiger partial charge in [0.2, 0.25) is 5.91 Å². The van der Waals surface area contributed by atoms with Gasteiger partial charge in [0.05, 0.1) is 17.2 Å². The van der Waals surface area contributed by atoms with E-state index in [0.717, 1.165) is 16.3 Å². The van der Waals surface area contributed by atoms with E-state index in [1.54, 1.807) is 13.0 Å². The maximum atomic E-state index is 11.7. The normalized spacial score (nSPS) is 14.3. The molecule has 0 aliphatic carbocycles. The summed E-state index contributed by atoms with van der Waals surface area (Å²) in [5.41, 5.74) is 0.523. The molecular weight excluding hydrogens is 292 g/mol. The van der Waals surface area contributed by atoms with E-state index < -0.39 is 5.60 Å². The zero-order chi connectivity index (χ0) is 14.6. The minimum absolute atomic E-state index is 0.170. The second kappa shape index (κ2) is 6.30. The number of rotatable bonds is 5. The van der Waals surface area contributed by atoms with Gasteiger partial charge in [-0.3, -0.25) is 4.79 Å². The van der Waals surface area contributed by atoms with Gasteiger partial charge in [-0.1, -0.05) is 0 Å². The van der Waals surface area contributed by atoms with Crippen molar-refractivity contribution >= 4 is 34.7 Å². The summed E-state index contributed by atoms with van der Waals surface area (Å²) in [6.07, 6.45) is 3.09. The van der Waals surface area contributed by atoms with Crippen LogP contribution in [0, 0.1) is 6.92 Å². The van der Waals surface area contributed by atoms with Crippen molar-refractivity contribution in [2.75, 3.05) is 6.54 Å². The number of carbonyl (C=O) groups excluding carboxylic acids is 1. The molecule has 0 aliphatic heterocycles. The fraction of sp³-hybridized carbons (Fsp3) is 0.286. The first kappa shape index (κ1) is 14.9. The number of amides is 1. The summed E-state index contributed by atoms with van der Waals surface area (Å²) in [7, 11) is 0. The molecule has 0 radical (unpaired) electrons. The molecule has 4 nitrogen and oxygen atoms in total. The molecule has 2 N–H and O–H groups in total. The summed E-state index contributed by atoms with van der Waals surface area (Å²) < 4.78 is 0. The molecule has 0 spiro atoms. The van der Waals surface area contributed by atoms with Gasteiger partial charge in [-0.15, -0.1) is 11.3 Å². The molecule has 0 aliphatic rings. The Morgan fingerprint density at radius 3 is 2.95 bits per heavy atom. The van der Waals surface area contributed by atoms with Crippen molar-refractivity contribution in [3.05, 3.63) is 44.5 Å². The number of nitrogens with one attached hydrogen (secondary N) is 1. The van der Waals surface area contributed by atoms with Crippen LogP contribution < -0.4 is 5.32 Å². The van der Waals surface area contributed by atoms with E-state index in [1.807, 2.05) is 29.1 Å². The topological polar surface area (TPSA) is 62.2 Å². The quantitative estimate of drug-likeness (QED) is 0.835. The van der Waals surface area contributed by atoms with E-state index in [-0.39, 0.29) is 12.5 Å². The number of hydrogen-bond acceptors (Lipinski definition) is 5. The Bertz CT molecular complexity index is 600. The van der Waals surface area contributed by atoms with Crippen LogP contribution in [0.4, 0.5) is 0 Å². The standard InChI is InChI=1S/C14H16N2O2S2/c1-10-16-12(8-20-10)3-4-13(17)15-9-14(2,18)11-5-6-19-7-11/h3-8,18H,9H2,1-2H3,(H,15,17)/b4-3+/t14-/m1/s1. The van der Waals surface area contributed by atoms with Crippen LogP contribution in [-0.2, 0) is 10.4 Å². The Labute approximate surface area is 125 Å². The first-order chi connectivity index (χ1) is 9.47. The second-order valence-electron chi connectivity index (χ2n) is 4.63. The van der Waals surface area contributed by atoms with Gasteiger partial charge in [0.15, 0.2) is 0 Å². The maximum Gasteiger partial charge on any atom is 0.244 e. The Morgan fingerprint density at radius 2 is 2.35 bits per heavy atom. The lowest BCUT2D eigenvalue weighted by Crippen LogP contribution is -2.37. The fourth-order valence-corrected chi connectivity index (χ4v) is 2.97. The number of aromatic nitrogens is 1. The van der Waals surface area contributed by atoms with Crippen molar-refractivity contribution in [1.29, 1.82) is 0 Å². The molecule has 20 heavy (non-hydrogen) atoms. The van der Waals surface area contributed by atoms with E-state index in [2.05, 4.69) is 10.3 Å². The van der Waals surface area contributed by atoms with Crippen LogP contribution in [0.15, 0.2) is 28.3 Å². The molecule has 0 saturated heterocycles.